The van der Waals surface area contributed by atoms with Crippen molar-refractivity contribution >= 4 is 29.1 Å². The smallest absolute Gasteiger partial charge is 0.251 e. The van der Waals surface area contributed by atoms with Crippen LogP contribution in [0.2, 0.25) is 10.0 Å². The monoisotopic (exact) mass is 548 g/mol. The van der Waals surface area contributed by atoms with E-state index in [2.05, 4.69) is 10.2 Å². The molecule has 0 radical (unpaired) electrons. The first-order valence-corrected chi connectivity index (χ1v) is 14.1. The second kappa shape index (κ2) is 12.2. The van der Waals surface area contributed by atoms with Crippen LogP contribution in [0.5, 0.6) is 11.5 Å². The first-order valence-electron chi connectivity index (χ1n) is 13.4. The maximum absolute atomic E-state index is 11.6. The molecule has 202 valence electrons. The molecular formula is C29H38Cl2N2O4. The minimum atomic E-state index is -0.537. The molecule has 1 saturated heterocycles. The number of phenols is 2. The van der Waals surface area contributed by atoms with Crippen molar-refractivity contribution < 1.29 is 20.1 Å². The number of nitrogens with one attached hydrogen (secondary N) is 1. The van der Waals surface area contributed by atoms with Gasteiger partial charge < -0.3 is 20.6 Å². The van der Waals surface area contributed by atoms with Gasteiger partial charge in [-0.3, -0.25) is 9.69 Å². The van der Waals surface area contributed by atoms with Gasteiger partial charge in [0, 0.05) is 25.2 Å². The predicted molar refractivity (Wildman–Crippen MR) is 148 cm³/mol. The summed E-state index contributed by atoms with van der Waals surface area (Å²) in [6.07, 6.45) is 10.1. The number of carbonyl (C=O) groups is 1. The molecule has 2 aromatic rings. The van der Waals surface area contributed by atoms with Gasteiger partial charge >= 0.3 is 0 Å². The standard InChI is InChI=1S/C21H31NO3.C8H7Cl2NO/c23-18-8-6-15(13-19(18)24)7-9-20-21(25)11-2-1-3-17(21)10-12-22(20)14-16-4-5-16;1-11-8(12)5-2-3-6(9)7(10)4-5/h6,8,13,16-17,20,23-25H,1-5,7,9-12,14H2;2-4H,1H3,(H,11,12)/t17?,20-,21?;/m1./s1. The number of halogens is 2. The Bertz CT molecular complexity index is 1090. The Morgan fingerprint density at radius 3 is 2.49 bits per heavy atom. The van der Waals surface area contributed by atoms with Gasteiger partial charge in [0.2, 0.25) is 0 Å². The maximum atomic E-state index is 11.6. The third-order valence-corrected chi connectivity index (χ3v) is 8.95. The van der Waals surface area contributed by atoms with Gasteiger partial charge in [0.1, 0.15) is 0 Å². The van der Waals surface area contributed by atoms with E-state index in [1.165, 1.54) is 31.7 Å². The molecule has 2 aliphatic carbocycles. The molecule has 3 aliphatic rings. The van der Waals surface area contributed by atoms with Gasteiger partial charge in [-0.1, -0.05) is 42.1 Å². The number of aromatic hydroxyl groups is 2. The summed E-state index contributed by atoms with van der Waals surface area (Å²) in [5.41, 5.74) is 1.000. The zero-order valence-electron chi connectivity index (χ0n) is 21.4. The molecule has 4 N–H and O–H groups in total. The number of likely N-dealkylation sites (tertiary alicyclic amines) is 1. The van der Waals surface area contributed by atoms with Crippen molar-refractivity contribution in [3.05, 3.63) is 57.6 Å². The summed E-state index contributed by atoms with van der Waals surface area (Å²) in [7, 11) is 1.56. The Hall–Kier alpha value is -1.99. The van der Waals surface area contributed by atoms with E-state index in [-0.39, 0.29) is 23.4 Å². The molecule has 2 aromatic carbocycles. The zero-order chi connectivity index (χ0) is 26.6. The lowest BCUT2D eigenvalue weighted by atomic mass is 9.66. The fourth-order valence-electron chi connectivity index (χ4n) is 5.97. The number of nitrogens with zero attached hydrogens (tertiary/aromatic N) is 1. The number of benzene rings is 2. The third-order valence-electron chi connectivity index (χ3n) is 8.21. The van der Waals surface area contributed by atoms with Crippen LogP contribution in [-0.4, -0.2) is 57.9 Å². The number of fused-ring (bicyclic) bond motifs is 1. The van der Waals surface area contributed by atoms with Crippen molar-refractivity contribution in [1.82, 2.24) is 10.2 Å². The van der Waals surface area contributed by atoms with E-state index in [1.807, 2.05) is 6.07 Å². The van der Waals surface area contributed by atoms with E-state index in [0.29, 0.717) is 21.5 Å². The van der Waals surface area contributed by atoms with Crippen LogP contribution in [-0.2, 0) is 6.42 Å². The van der Waals surface area contributed by atoms with Crippen molar-refractivity contribution in [2.45, 2.75) is 69.4 Å². The van der Waals surface area contributed by atoms with Crippen LogP contribution in [0.3, 0.4) is 0 Å². The normalized spacial score (nSPS) is 25.5. The molecule has 37 heavy (non-hydrogen) atoms. The van der Waals surface area contributed by atoms with Crippen LogP contribution in [0.15, 0.2) is 36.4 Å². The fraction of sp³-hybridized carbons (Fsp3) is 0.552. The number of aryl methyl sites for hydroxylation is 1. The van der Waals surface area contributed by atoms with E-state index in [0.717, 1.165) is 56.7 Å². The van der Waals surface area contributed by atoms with Crippen LogP contribution in [0.1, 0.15) is 67.3 Å². The summed E-state index contributed by atoms with van der Waals surface area (Å²) >= 11 is 11.4. The lowest BCUT2D eigenvalue weighted by molar-refractivity contribution is -0.143. The summed E-state index contributed by atoms with van der Waals surface area (Å²) in [4.78, 5) is 13.6. The molecule has 6 nitrogen and oxygen atoms in total. The maximum Gasteiger partial charge on any atom is 0.251 e. The highest BCUT2D eigenvalue weighted by atomic mass is 35.5. The van der Waals surface area contributed by atoms with Crippen LogP contribution < -0.4 is 5.32 Å². The van der Waals surface area contributed by atoms with Crippen molar-refractivity contribution in [2.24, 2.45) is 11.8 Å². The van der Waals surface area contributed by atoms with Crippen molar-refractivity contribution in [3.63, 3.8) is 0 Å². The third kappa shape index (κ3) is 6.91. The topological polar surface area (TPSA) is 93.0 Å². The molecule has 0 aromatic heterocycles. The quantitative estimate of drug-likeness (QED) is 0.343. The van der Waals surface area contributed by atoms with E-state index >= 15 is 0 Å². The fourth-order valence-corrected chi connectivity index (χ4v) is 6.27. The highest BCUT2D eigenvalue weighted by Gasteiger charge is 2.50. The average molecular weight is 550 g/mol. The van der Waals surface area contributed by atoms with Gasteiger partial charge in [-0.05, 0) is 99.2 Å². The van der Waals surface area contributed by atoms with Gasteiger partial charge in [0.25, 0.3) is 5.91 Å². The molecule has 1 heterocycles. The molecule has 0 bridgehead atoms. The summed E-state index contributed by atoms with van der Waals surface area (Å²) in [5, 5.41) is 34.2. The van der Waals surface area contributed by atoms with E-state index < -0.39 is 5.60 Å². The van der Waals surface area contributed by atoms with Crippen LogP contribution >= 0.6 is 23.2 Å². The van der Waals surface area contributed by atoms with Crippen LogP contribution in [0.4, 0.5) is 0 Å². The minimum Gasteiger partial charge on any atom is -0.504 e. The molecule has 3 fully saturated rings. The lowest BCUT2D eigenvalue weighted by Crippen LogP contribution is -2.62. The lowest BCUT2D eigenvalue weighted by Gasteiger charge is -2.54. The Balaban J connectivity index is 0.000000225. The predicted octanol–water partition coefficient (Wildman–Crippen LogP) is 5.79. The average Bonchev–Trinajstić information content (AvgIpc) is 3.71. The molecule has 1 amide bonds. The minimum absolute atomic E-state index is 0.0507. The number of aliphatic hydroxyl groups is 1. The number of carbonyl (C=O) groups excluding carboxylic acids is 1. The summed E-state index contributed by atoms with van der Waals surface area (Å²) < 4.78 is 0. The Labute approximate surface area is 229 Å². The molecule has 1 aliphatic heterocycles. The van der Waals surface area contributed by atoms with Gasteiger partial charge in [-0.15, -0.1) is 0 Å². The molecule has 3 atom stereocenters. The number of phenolic OH excluding ortho intramolecular Hbond substituents is 2. The van der Waals surface area contributed by atoms with Crippen LogP contribution in [0.25, 0.3) is 0 Å². The van der Waals surface area contributed by atoms with Gasteiger partial charge in [-0.25, -0.2) is 0 Å². The first kappa shape index (κ1) is 28.0. The van der Waals surface area contributed by atoms with Crippen molar-refractivity contribution in [2.75, 3.05) is 20.1 Å². The Morgan fingerprint density at radius 2 is 1.81 bits per heavy atom. The zero-order valence-corrected chi connectivity index (χ0v) is 22.9. The van der Waals surface area contributed by atoms with Gasteiger partial charge in [-0.2, -0.15) is 0 Å². The second-order valence-corrected chi connectivity index (χ2v) is 11.6. The molecule has 2 unspecified atom stereocenters. The van der Waals surface area contributed by atoms with Gasteiger partial charge in [0.15, 0.2) is 11.5 Å². The largest absolute Gasteiger partial charge is 0.504 e. The van der Waals surface area contributed by atoms with Crippen molar-refractivity contribution in [1.29, 1.82) is 0 Å². The van der Waals surface area contributed by atoms with Gasteiger partial charge in [0.05, 0.1) is 15.6 Å². The summed E-state index contributed by atoms with van der Waals surface area (Å²) in [6.45, 7) is 2.26. The number of hydrogen-bond donors (Lipinski definition) is 4. The van der Waals surface area contributed by atoms with E-state index in [4.69, 9.17) is 23.2 Å². The molecular weight excluding hydrogens is 511 g/mol. The Morgan fingerprint density at radius 1 is 1.03 bits per heavy atom. The Kier molecular flexibility index (Phi) is 9.28. The number of rotatable bonds is 6. The summed E-state index contributed by atoms with van der Waals surface area (Å²) in [6, 6.07) is 10.1. The second-order valence-electron chi connectivity index (χ2n) is 10.7. The highest BCUT2D eigenvalue weighted by Crippen LogP contribution is 2.46. The summed E-state index contributed by atoms with van der Waals surface area (Å²) in [5.74, 6) is 1.00. The van der Waals surface area contributed by atoms with E-state index in [1.54, 1.807) is 31.3 Å². The SMILES string of the molecule is CNC(=O)c1ccc(Cl)c(Cl)c1.Oc1ccc(CC[C@H]2N(CC3CC3)CCC3CCCCC32O)cc1O. The highest BCUT2D eigenvalue weighted by molar-refractivity contribution is 6.42. The number of amides is 1. The van der Waals surface area contributed by atoms with Crippen molar-refractivity contribution in [3.8, 4) is 11.5 Å². The van der Waals surface area contributed by atoms with E-state index in [9.17, 15) is 20.1 Å². The van der Waals surface area contributed by atoms with Crippen LogP contribution in [0, 0.1) is 11.8 Å². The molecule has 0 spiro atoms. The molecule has 2 saturated carbocycles. The molecule has 8 heteroatoms. The first-order chi connectivity index (χ1) is 17.7. The number of hydrogen-bond acceptors (Lipinski definition) is 5. The number of piperidine rings is 1. The molecule has 5 rings (SSSR count).